The number of rotatable bonds is 3. The fourth-order valence-corrected chi connectivity index (χ4v) is 2.64. The lowest BCUT2D eigenvalue weighted by atomic mass is 10.0. The fourth-order valence-electron chi connectivity index (χ4n) is 2.37. The molecule has 0 spiro atoms. The molecule has 3 rings (SSSR count). The average Bonchev–Trinajstić information content (AvgIpc) is 2.92. The summed E-state index contributed by atoms with van der Waals surface area (Å²) in [7, 11) is 0. The van der Waals surface area contributed by atoms with Crippen molar-refractivity contribution in [2.75, 3.05) is 0 Å². The van der Waals surface area contributed by atoms with E-state index in [4.69, 9.17) is 11.6 Å². The number of benzene rings is 2. The van der Waals surface area contributed by atoms with Crippen molar-refractivity contribution in [2.24, 2.45) is 0 Å². The standard InChI is InChI=1S/C17H14ClNO/c1-2-11-6-8-12(9-7-11)17(20)13-10-19-15-5-3-4-14(18)16(13)15/h3-10,19H,2H2,1H3. The third-order valence-corrected chi connectivity index (χ3v) is 3.84. The minimum absolute atomic E-state index is 0.00740. The molecule has 1 heterocycles. The van der Waals surface area contributed by atoms with Crippen molar-refractivity contribution >= 4 is 28.3 Å². The molecule has 100 valence electrons. The Kier molecular flexibility index (Phi) is 3.33. The number of aromatic amines is 1. The number of hydrogen-bond donors (Lipinski definition) is 1. The van der Waals surface area contributed by atoms with Crippen LogP contribution in [0.3, 0.4) is 0 Å². The Morgan fingerprint density at radius 2 is 1.90 bits per heavy atom. The molecule has 20 heavy (non-hydrogen) atoms. The van der Waals surface area contributed by atoms with E-state index in [1.807, 2.05) is 36.4 Å². The molecule has 0 aliphatic carbocycles. The van der Waals surface area contributed by atoms with E-state index >= 15 is 0 Å². The lowest BCUT2D eigenvalue weighted by Gasteiger charge is -2.02. The van der Waals surface area contributed by atoms with Gasteiger partial charge in [-0.05, 0) is 24.1 Å². The molecule has 0 atom stereocenters. The van der Waals surface area contributed by atoms with Gasteiger partial charge in [-0.25, -0.2) is 0 Å². The molecule has 0 aliphatic rings. The molecule has 1 N–H and O–H groups in total. The van der Waals surface area contributed by atoms with E-state index in [0.29, 0.717) is 16.1 Å². The van der Waals surface area contributed by atoms with Crippen LogP contribution in [0.2, 0.25) is 5.02 Å². The van der Waals surface area contributed by atoms with Gasteiger partial charge in [0.05, 0.1) is 5.02 Å². The van der Waals surface area contributed by atoms with Gasteiger partial charge in [-0.1, -0.05) is 48.9 Å². The normalized spacial score (nSPS) is 10.9. The zero-order valence-electron chi connectivity index (χ0n) is 11.1. The van der Waals surface area contributed by atoms with Crippen molar-refractivity contribution in [1.82, 2.24) is 4.98 Å². The maximum atomic E-state index is 12.6. The summed E-state index contributed by atoms with van der Waals surface area (Å²) in [5.41, 5.74) is 3.41. The lowest BCUT2D eigenvalue weighted by molar-refractivity contribution is 0.104. The van der Waals surface area contributed by atoms with Crippen molar-refractivity contribution in [3.05, 3.63) is 70.4 Å². The van der Waals surface area contributed by atoms with Gasteiger partial charge < -0.3 is 4.98 Å². The highest BCUT2D eigenvalue weighted by Gasteiger charge is 2.15. The van der Waals surface area contributed by atoms with Crippen molar-refractivity contribution in [3.8, 4) is 0 Å². The van der Waals surface area contributed by atoms with Crippen LogP contribution >= 0.6 is 11.6 Å². The van der Waals surface area contributed by atoms with E-state index in [1.165, 1.54) is 5.56 Å². The minimum Gasteiger partial charge on any atom is -0.360 e. The third kappa shape index (κ3) is 2.12. The summed E-state index contributed by atoms with van der Waals surface area (Å²) in [4.78, 5) is 15.7. The highest BCUT2D eigenvalue weighted by atomic mass is 35.5. The van der Waals surface area contributed by atoms with Crippen LogP contribution in [0.1, 0.15) is 28.4 Å². The Hall–Kier alpha value is -2.06. The van der Waals surface area contributed by atoms with Gasteiger partial charge in [0, 0.05) is 28.2 Å². The molecule has 2 nitrogen and oxygen atoms in total. The van der Waals surface area contributed by atoms with Gasteiger partial charge in [0.1, 0.15) is 0 Å². The van der Waals surface area contributed by atoms with Crippen LogP contribution in [0.25, 0.3) is 10.9 Å². The monoisotopic (exact) mass is 283 g/mol. The Balaban J connectivity index is 2.08. The summed E-state index contributed by atoms with van der Waals surface area (Å²) < 4.78 is 0. The van der Waals surface area contributed by atoms with Crippen LogP contribution in [-0.2, 0) is 6.42 Å². The van der Waals surface area contributed by atoms with Crippen molar-refractivity contribution < 1.29 is 4.79 Å². The van der Waals surface area contributed by atoms with Crippen LogP contribution in [0.5, 0.6) is 0 Å². The fraction of sp³-hybridized carbons (Fsp3) is 0.118. The third-order valence-electron chi connectivity index (χ3n) is 3.52. The first-order valence-corrected chi connectivity index (χ1v) is 6.97. The summed E-state index contributed by atoms with van der Waals surface area (Å²) in [6, 6.07) is 13.3. The van der Waals surface area contributed by atoms with Crippen LogP contribution in [0.15, 0.2) is 48.7 Å². The van der Waals surface area contributed by atoms with Crippen molar-refractivity contribution in [1.29, 1.82) is 0 Å². The number of halogens is 1. The number of aromatic nitrogens is 1. The van der Waals surface area contributed by atoms with E-state index in [-0.39, 0.29) is 5.78 Å². The largest absolute Gasteiger partial charge is 0.360 e. The zero-order chi connectivity index (χ0) is 14.1. The second kappa shape index (κ2) is 5.14. The number of carbonyl (C=O) groups excluding carboxylic acids is 1. The number of aryl methyl sites for hydroxylation is 1. The summed E-state index contributed by atoms with van der Waals surface area (Å²) in [6.45, 7) is 2.09. The Morgan fingerprint density at radius 3 is 2.60 bits per heavy atom. The molecule has 3 heteroatoms. The average molecular weight is 284 g/mol. The van der Waals surface area contributed by atoms with Crippen LogP contribution < -0.4 is 0 Å². The zero-order valence-corrected chi connectivity index (χ0v) is 11.9. The van der Waals surface area contributed by atoms with E-state index < -0.39 is 0 Å². The number of hydrogen-bond acceptors (Lipinski definition) is 1. The quantitative estimate of drug-likeness (QED) is 0.699. The molecular weight excluding hydrogens is 270 g/mol. The second-order valence-electron chi connectivity index (χ2n) is 4.74. The topological polar surface area (TPSA) is 32.9 Å². The molecule has 3 aromatic rings. The molecular formula is C17H14ClNO. The molecule has 0 bridgehead atoms. The van der Waals surface area contributed by atoms with Crippen LogP contribution in [0.4, 0.5) is 0 Å². The minimum atomic E-state index is -0.00740. The first-order valence-electron chi connectivity index (χ1n) is 6.60. The summed E-state index contributed by atoms with van der Waals surface area (Å²) in [5.74, 6) is -0.00740. The SMILES string of the molecule is CCc1ccc(C(=O)c2c[nH]c3cccc(Cl)c23)cc1. The van der Waals surface area contributed by atoms with Gasteiger partial charge in [0.2, 0.25) is 0 Å². The predicted octanol–water partition coefficient (Wildman–Crippen LogP) is 4.61. The van der Waals surface area contributed by atoms with Gasteiger partial charge in [-0.2, -0.15) is 0 Å². The number of nitrogens with one attached hydrogen (secondary N) is 1. The number of ketones is 1. The van der Waals surface area contributed by atoms with E-state index in [2.05, 4.69) is 11.9 Å². The molecule has 0 saturated heterocycles. The van der Waals surface area contributed by atoms with Gasteiger partial charge in [-0.3, -0.25) is 4.79 Å². The highest BCUT2D eigenvalue weighted by Crippen LogP contribution is 2.28. The number of fused-ring (bicyclic) bond motifs is 1. The molecule has 0 radical (unpaired) electrons. The number of carbonyl (C=O) groups is 1. The first-order chi connectivity index (χ1) is 9.70. The number of H-pyrrole nitrogens is 1. The molecule has 0 saturated carbocycles. The smallest absolute Gasteiger partial charge is 0.195 e. The second-order valence-corrected chi connectivity index (χ2v) is 5.15. The van der Waals surface area contributed by atoms with Gasteiger partial charge in [0.15, 0.2) is 5.78 Å². The van der Waals surface area contributed by atoms with Crippen LogP contribution in [0, 0.1) is 0 Å². The van der Waals surface area contributed by atoms with E-state index in [0.717, 1.165) is 17.3 Å². The maximum Gasteiger partial charge on any atom is 0.195 e. The maximum absolute atomic E-state index is 12.6. The first kappa shape index (κ1) is 12.9. The molecule has 0 amide bonds. The molecule has 0 aliphatic heterocycles. The van der Waals surface area contributed by atoms with Crippen LogP contribution in [-0.4, -0.2) is 10.8 Å². The Bertz CT molecular complexity index is 771. The van der Waals surface area contributed by atoms with Crippen molar-refractivity contribution in [3.63, 3.8) is 0 Å². The Morgan fingerprint density at radius 1 is 1.15 bits per heavy atom. The molecule has 0 unspecified atom stereocenters. The van der Waals surface area contributed by atoms with Gasteiger partial charge >= 0.3 is 0 Å². The van der Waals surface area contributed by atoms with Gasteiger partial charge in [-0.15, -0.1) is 0 Å². The van der Waals surface area contributed by atoms with E-state index in [1.54, 1.807) is 12.3 Å². The summed E-state index contributed by atoms with van der Waals surface area (Å²) >= 11 is 6.21. The molecule has 0 fully saturated rings. The van der Waals surface area contributed by atoms with Crippen molar-refractivity contribution in [2.45, 2.75) is 13.3 Å². The summed E-state index contributed by atoms with van der Waals surface area (Å²) in [5, 5.41) is 1.39. The predicted molar refractivity (Wildman–Crippen MR) is 82.6 cm³/mol. The van der Waals surface area contributed by atoms with E-state index in [9.17, 15) is 4.79 Å². The van der Waals surface area contributed by atoms with Gasteiger partial charge in [0.25, 0.3) is 0 Å². The highest BCUT2D eigenvalue weighted by molar-refractivity contribution is 6.37. The lowest BCUT2D eigenvalue weighted by Crippen LogP contribution is -2.00. The molecule has 2 aromatic carbocycles. The molecule has 1 aromatic heterocycles. The summed E-state index contributed by atoms with van der Waals surface area (Å²) in [6.07, 6.45) is 2.69. The Labute approximate surface area is 122 Å².